The number of hydrogen-bond donors (Lipinski definition) is 0. The van der Waals surface area contributed by atoms with Crippen LogP contribution in [-0.4, -0.2) is 18.3 Å². The SMILES string of the molecule is COc1nc2ccc(SC)cc2cc1Cc1ccc(Cl)cc1. The molecular weight excluding hydrogens is 314 g/mol. The van der Waals surface area contributed by atoms with E-state index in [9.17, 15) is 0 Å². The molecule has 0 amide bonds. The number of benzene rings is 2. The minimum atomic E-state index is 0.680. The number of rotatable bonds is 4. The van der Waals surface area contributed by atoms with Gasteiger partial charge in [0.1, 0.15) is 0 Å². The highest BCUT2D eigenvalue weighted by molar-refractivity contribution is 7.98. The van der Waals surface area contributed by atoms with Crippen molar-refractivity contribution < 1.29 is 4.74 Å². The van der Waals surface area contributed by atoms with E-state index in [2.05, 4.69) is 29.4 Å². The van der Waals surface area contributed by atoms with Crippen LogP contribution in [0.3, 0.4) is 0 Å². The van der Waals surface area contributed by atoms with Crippen LogP contribution < -0.4 is 4.74 Å². The third kappa shape index (κ3) is 3.21. The summed E-state index contributed by atoms with van der Waals surface area (Å²) in [5.74, 6) is 0.680. The van der Waals surface area contributed by atoms with Crippen molar-refractivity contribution >= 4 is 34.3 Å². The van der Waals surface area contributed by atoms with E-state index in [0.29, 0.717) is 5.88 Å². The van der Waals surface area contributed by atoms with Crippen LogP contribution in [0.2, 0.25) is 5.02 Å². The van der Waals surface area contributed by atoms with E-state index in [-0.39, 0.29) is 0 Å². The number of pyridine rings is 1. The van der Waals surface area contributed by atoms with Gasteiger partial charge in [0.2, 0.25) is 5.88 Å². The number of thioether (sulfide) groups is 1. The van der Waals surface area contributed by atoms with Crippen molar-refractivity contribution in [3.8, 4) is 5.88 Å². The van der Waals surface area contributed by atoms with Gasteiger partial charge in [0, 0.05) is 27.3 Å². The number of methoxy groups -OCH3 is 1. The van der Waals surface area contributed by atoms with Crippen molar-refractivity contribution in [3.63, 3.8) is 0 Å². The van der Waals surface area contributed by atoms with Crippen LogP contribution in [0.5, 0.6) is 5.88 Å². The van der Waals surface area contributed by atoms with Crippen molar-refractivity contribution in [3.05, 3.63) is 64.7 Å². The molecule has 0 radical (unpaired) electrons. The molecule has 0 saturated carbocycles. The van der Waals surface area contributed by atoms with Gasteiger partial charge in [-0.15, -0.1) is 11.8 Å². The van der Waals surface area contributed by atoms with Crippen LogP contribution in [-0.2, 0) is 6.42 Å². The second kappa shape index (κ2) is 6.59. The van der Waals surface area contributed by atoms with Gasteiger partial charge in [-0.05, 0) is 48.2 Å². The van der Waals surface area contributed by atoms with Crippen molar-refractivity contribution in [1.29, 1.82) is 0 Å². The first-order chi connectivity index (χ1) is 10.7. The average Bonchev–Trinajstić information content (AvgIpc) is 2.55. The zero-order valence-corrected chi connectivity index (χ0v) is 14.0. The first-order valence-electron chi connectivity index (χ1n) is 6.95. The molecule has 0 spiro atoms. The van der Waals surface area contributed by atoms with Gasteiger partial charge >= 0.3 is 0 Å². The van der Waals surface area contributed by atoms with E-state index in [1.165, 1.54) is 10.5 Å². The molecule has 0 bridgehead atoms. The van der Waals surface area contributed by atoms with Crippen LogP contribution in [0, 0.1) is 0 Å². The number of ether oxygens (including phenoxy) is 1. The van der Waals surface area contributed by atoms with E-state index in [1.54, 1.807) is 18.9 Å². The third-order valence-corrected chi connectivity index (χ3v) is 4.54. The Morgan fingerprint density at radius 3 is 2.55 bits per heavy atom. The maximum absolute atomic E-state index is 5.95. The minimum Gasteiger partial charge on any atom is -0.481 e. The molecule has 0 unspecified atom stereocenters. The van der Waals surface area contributed by atoms with Crippen LogP contribution in [0.25, 0.3) is 10.9 Å². The normalized spacial score (nSPS) is 10.9. The summed E-state index contributed by atoms with van der Waals surface area (Å²) in [5, 5.41) is 1.88. The maximum Gasteiger partial charge on any atom is 0.217 e. The number of hydrogen-bond acceptors (Lipinski definition) is 3. The van der Waals surface area contributed by atoms with Gasteiger partial charge < -0.3 is 4.74 Å². The van der Waals surface area contributed by atoms with Crippen molar-refractivity contribution in [1.82, 2.24) is 4.98 Å². The van der Waals surface area contributed by atoms with Gasteiger partial charge in [-0.3, -0.25) is 0 Å². The zero-order valence-electron chi connectivity index (χ0n) is 12.5. The Kier molecular flexibility index (Phi) is 4.55. The van der Waals surface area contributed by atoms with E-state index in [1.807, 2.05) is 30.3 Å². The fourth-order valence-electron chi connectivity index (χ4n) is 2.43. The summed E-state index contributed by atoms with van der Waals surface area (Å²) in [6.45, 7) is 0. The Morgan fingerprint density at radius 2 is 1.86 bits per heavy atom. The molecule has 0 fully saturated rings. The topological polar surface area (TPSA) is 22.1 Å². The van der Waals surface area contributed by atoms with Crippen molar-refractivity contribution in [2.45, 2.75) is 11.3 Å². The lowest BCUT2D eigenvalue weighted by atomic mass is 10.0. The first kappa shape index (κ1) is 15.2. The average molecular weight is 330 g/mol. The summed E-state index contributed by atoms with van der Waals surface area (Å²) in [6, 6.07) is 16.3. The molecule has 0 N–H and O–H groups in total. The van der Waals surface area contributed by atoms with Crippen molar-refractivity contribution in [2.24, 2.45) is 0 Å². The monoisotopic (exact) mass is 329 g/mol. The number of aromatic nitrogens is 1. The van der Waals surface area contributed by atoms with E-state index in [0.717, 1.165) is 27.9 Å². The number of halogens is 1. The Morgan fingerprint density at radius 1 is 1.09 bits per heavy atom. The van der Waals surface area contributed by atoms with E-state index in [4.69, 9.17) is 16.3 Å². The van der Waals surface area contributed by atoms with Crippen LogP contribution in [0.1, 0.15) is 11.1 Å². The molecule has 4 heteroatoms. The second-order valence-corrected chi connectivity index (χ2v) is 6.33. The largest absolute Gasteiger partial charge is 0.481 e. The quantitative estimate of drug-likeness (QED) is 0.613. The third-order valence-electron chi connectivity index (χ3n) is 3.56. The maximum atomic E-state index is 5.95. The molecule has 0 aliphatic heterocycles. The Bertz CT molecular complexity index is 802. The predicted octanol–water partition coefficient (Wildman–Crippen LogP) is 5.21. The number of fused-ring (bicyclic) bond motifs is 1. The fourth-order valence-corrected chi connectivity index (χ4v) is 3.01. The van der Waals surface area contributed by atoms with Crippen LogP contribution in [0.15, 0.2) is 53.4 Å². The molecule has 112 valence electrons. The minimum absolute atomic E-state index is 0.680. The lowest BCUT2D eigenvalue weighted by Gasteiger charge is -2.10. The highest BCUT2D eigenvalue weighted by Crippen LogP contribution is 2.27. The van der Waals surface area contributed by atoms with Gasteiger partial charge in [0.15, 0.2) is 0 Å². The second-order valence-electron chi connectivity index (χ2n) is 5.02. The standard InChI is InChI=1S/C18H16ClNOS/c1-21-18-14(9-12-3-5-15(19)6-4-12)10-13-11-16(22-2)7-8-17(13)20-18/h3-8,10-11H,9H2,1-2H3. The molecular formula is C18H16ClNOS. The highest BCUT2D eigenvalue weighted by Gasteiger charge is 2.09. The smallest absolute Gasteiger partial charge is 0.217 e. The summed E-state index contributed by atoms with van der Waals surface area (Å²) in [6.07, 6.45) is 2.85. The summed E-state index contributed by atoms with van der Waals surface area (Å²) >= 11 is 7.68. The highest BCUT2D eigenvalue weighted by atomic mass is 35.5. The van der Waals surface area contributed by atoms with E-state index >= 15 is 0 Å². The van der Waals surface area contributed by atoms with Crippen molar-refractivity contribution in [2.75, 3.05) is 13.4 Å². The van der Waals surface area contributed by atoms with Crippen LogP contribution >= 0.6 is 23.4 Å². The van der Waals surface area contributed by atoms with Gasteiger partial charge in [-0.1, -0.05) is 23.7 Å². The molecule has 1 aromatic heterocycles. The zero-order chi connectivity index (χ0) is 15.5. The fraction of sp³-hybridized carbons (Fsp3) is 0.167. The molecule has 0 aliphatic rings. The molecule has 1 heterocycles. The molecule has 3 aromatic rings. The Hall–Kier alpha value is -1.71. The summed E-state index contributed by atoms with van der Waals surface area (Å²) in [5.41, 5.74) is 3.22. The lowest BCUT2D eigenvalue weighted by Crippen LogP contribution is -1.97. The molecule has 0 saturated heterocycles. The molecule has 2 nitrogen and oxygen atoms in total. The summed E-state index contributed by atoms with van der Waals surface area (Å²) in [4.78, 5) is 5.86. The van der Waals surface area contributed by atoms with Gasteiger partial charge in [-0.2, -0.15) is 0 Å². The Balaban J connectivity index is 2.04. The number of nitrogens with zero attached hydrogens (tertiary/aromatic N) is 1. The van der Waals surface area contributed by atoms with E-state index < -0.39 is 0 Å². The van der Waals surface area contributed by atoms with Gasteiger partial charge in [0.25, 0.3) is 0 Å². The van der Waals surface area contributed by atoms with Gasteiger partial charge in [0.05, 0.1) is 12.6 Å². The lowest BCUT2D eigenvalue weighted by molar-refractivity contribution is 0.395. The molecule has 3 rings (SSSR count). The molecule has 2 aromatic carbocycles. The molecule has 0 aliphatic carbocycles. The first-order valence-corrected chi connectivity index (χ1v) is 8.56. The van der Waals surface area contributed by atoms with Crippen LogP contribution in [0.4, 0.5) is 0 Å². The summed E-state index contributed by atoms with van der Waals surface area (Å²) < 4.78 is 5.46. The molecule has 0 atom stereocenters. The predicted molar refractivity (Wildman–Crippen MR) is 94.3 cm³/mol. The van der Waals surface area contributed by atoms with Gasteiger partial charge in [-0.25, -0.2) is 4.98 Å². The Labute approximate surface area is 139 Å². The summed E-state index contributed by atoms with van der Waals surface area (Å²) in [7, 11) is 1.66. The molecule has 22 heavy (non-hydrogen) atoms.